The third-order valence-corrected chi connectivity index (χ3v) is 7.55. The molecule has 44 heavy (non-hydrogen) atoms. The minimum Gasteiger partial charge on any atom is -0.308 e. The molecule has 0 radical (unpaired) electrons. The van der Waals surface area contributed by atoms with Crippen molar-refractivity contribution >= 4 is 34.1 Å². The van der Waals surface area contributed by atoms with Crippen LogP contribution in [0.2, 0.25) is 0 Å². The Kier molecular flexibility index (Phi) is 12.1. The monoisotopic (exact) mass is 590 g/mol. The van der Waals surface area contributed by atoms with Gasteiger partial charge < -0.3 is 9.80 Å². The molecule has 0 aliphatic heterocycles. The highest BCUT2D eigenvalue weighted by molar-refractivity contribution is 5.81. The molecule has 5 rings (SSSR count). The number of hydrogen-bond donors (Lipinski definition) is 0. The lowest BCUT2D eigenvalue weighted by atomic mass is 10.1. The molecular formula is C40H44F2N2. The summed E-state index contributed by atoms with van der Waals surface area (Å²) in [6, 6.07) is 38.0. The van der Waals surface area contributed by atoms with E-state index in [9.17, 15) is 0 Å². The molecule has 2 nitrogen and oxygen atoms in total. The van der Waals surface area contributed by atoms with Gasteiger partial charge in [-0.05, 0) is 85.3 Å². The SMILES string of the molecule is CC.CCCCc1ccc(N(c2ccccc2)c2cc(F)c(N(c3ccccc3)c3ccc(CCCC)cc3)cc2F)cc1. The fraction of sp³-hybridized carbons (Fsp3) is 0.250. The van der Waals surface area contributed by atoms with Gasteiger partial charge in [0.1, 0.15) is 11.6 Å². The van der Waals surface area contributed by atoms with Crippen LogP contribution in [0.4, 0.5) is 42.9 Å². The van der Waals surface area contributed by atoms with Gasteiger partial charge in [-0.15, -0.1) is 0 Å². The summed E-state index contributed by atoms with van der Waals surface area (Å²) in [7, 11) is 0. The molecule has 0 bridgehead atoms. The van der Waals surface area contributed by atoms with E-state index >= 15 is 8.78 Å². The highest BCUT2D eigenvalue weighted by Crippen LogP contribution is 2.42. The molecule has 0 aliphatic rings. The zero-order valence-electron chi connectivity index (χ0n) is 26.4. The molecule has 0 saturated heterocycles. The Labute approximate surface area is 262 Å². The molecule has 5 aromatic rings. The Morgan fingerprint density at radius 1 is 0.455 bits per heavy atom. The molecule has 4 heteroatoms. The van der Waals surface area contributed by atoms with Gasteiger partial charge in [-0.25, -0.2) is 8.78 Å². The van der Waals surface area contributed by atoms with Gasteiger partial charge in [-0.1, -0.05) is 101 Å². The van der Waals surface area contributed by atoms with E-state index < -0.39 is 11.6 Å². The predicted molar refractivity (Wildman–Crippen MR) is 184 cm³/mol. The normalized spacial score (nSPS) is 10.6. The number of aryl methyl sites for hydroxylation is 2. The van der Waals surface area contributed by atoms with Crippen molar-refractivity contribution in [3.8, 4) is 0 Å². The first kappa shape index (κ1) is 32.5. The number of rotatable bonds is 12. The van der Waals surface area contributed by atoms with Gasteiger partial charge in [0.15, 0.2) is 0 Å². The van der Waals surface area contributed by atoms with Gasteiger partial charge in [0.25, 0.3) is 0 Å². The van der Waals surface area contributed by atoms with Crippen molar-refractivity contribution in [1.29, 1.82) is 0 Å². The van der Waals surface area contributed by atoms with Crippen LogP contribution in [0.25, 0.3) is 0 Å². The van der Waals surface area contributed by atoms with Gasteiger partial charge in [0, 0.05) is 34.9 Å². The lowest BCUT2D eigenvalue weighted by Gasteiger charge is -2.29. The van der Waals surface area contributed by atoms with Gasteiger partial charge >= 0.3 is 0 Å². The standard InChI is InChI=1S/C38H38F2N2.C2H6/c1-3-5-13-29-19-23-33(24-20-29)41(31-15-9-7-10-16-31)37-27-36(40)38(28-35(37)39)42(32-17-11-8-12-18-32)34-25-21-30(22-26-34)14-6-4-2;1-2/h7-12,15-28H,3-6,13-14H2,1-2H3;1-2H3. The van der Waals surface area contributed by atoms with Crippen LogP contribution >= 0.6 is 0 Å². The minimum absolute atomic E-state index is 0.159. The Bertz CT molecular complexity index is 1430. The van der Waals surface area contributed by atoms with Crippen LogP contribution in [0.15, 0.2) is 121 Å². The maximum absolute atomic E-state index is 16.3. The number of nitrogens with zero attached hydrogens (tertiary/aromatic N) is 2. The molecule has 0 saturated carbocycles. The second-order valence-electron chi connectivity index (χ2n) is 10.6. The van der Waals surface area contributed by atoms with Crippen LogP contribution < -0.4 is 9.80 Å². The first-order valence-corrected chi connectivity index (χ1v) is 16.0. The largest absolute Gasteiger partial charge is 0.308 e. The number of hydrogen-bond acceptors (Lipinski definition) is 2. The summed E-state index contributed by atoms with van der Waals surface area (Å²) in [5, 5.41) is 0. The molecule has 0 heterocycles. The summed E-state index contributed by atoms with van der Waals surface area (Å²) in [5.74, 6) is -1.02. The zero-order valence-corrected chi connectivity index (χ0v) is 26.4. The van der Waals surface area contributed by atoms with Crippen LogP contribution in [0.3, 0.4) is 0 Å². The Hall–Kier alpha value is -4.44. The summed E-state index contributed by atoms with van der Waals surface area (Å²) >= 11 is 0. The molecule has 0 N–H and O–H groups in total. The Morgan fingerprint density at radius 2 is 0.773 bits per heavy atom. The van der Waals surface area contributed by atoms with Gasteiger partial charge in [-0.3, -0.25) is 0 Å². The van der Waals surface area contributed by atoms with E-state index in [1.54, 1.807) is 9.80 Å². The van der Waals surface area contributed by atoms with Crippen LogP contribution in [-0.4, -0.2) is 0 Å². The van der Waals surface area contributed by atoms with Gasteiger partial charge in [0.05, 0.1) is 11.4 Å². The highest BCUT2D eigenvalue weighted by atomic mass is 19.1. The average molecular weight is 591 g/mol. The van der Waals surface area contributed by atoms with Crippen molar-refractivity contribution in [3.05, 3.63) is 144 Å². The Balaban J connectivity index is 0.00000216. The molecule has 0 amide bonds. The fourth-order valence-electron chi connectivity index (χ4n) is 5.26. The van der Waals surface area contributed by atoms with E-state index in [1.807, 2.05) is 98.8 Å². The third kappa shape index (κ3) is 7.93. The summed E-state index contributed by atoms with van der Waals surface area (Å²) in [5.41, 5.74) is 5.84. The summed E-state index contributed by atoms with van der Waals surface area (Å²) in [4.78, 5) is 3.56. The minimum atomic E-state index is -0.509. The van der Waals surface area contributed by atoms with Crippen LogP contribution in [-0.2, 0) is 12.8 Å². The lowest BCUT2D eigenvalue weighted by molar-refractivity contribution is 0.602. The summed E-state index contributed by atoms with van der Waals surface area (Å²) in [6.45, 7) is 8.35. The first-order chi connectivity index (χ1) is 21.6. The van der Waals surface area contributed by atoms with Crippen molar-refractivity contribution in [2.75, 3.05) is 9.80 Å². The van der Waals surface area contributed by atoms with Crippen molar-refractivity contribution in [1.82, 2.24) is 0 Å². The molecule has 0 unspecified atom stereocenters. The first-order valence-electron chi connectivity index (χ1n) is 16.0. The highest BCUT2D eigenvalue weighted by Gasteiger charge is 2.23. The van der Waals surface area contributed by atoms with E-state index in [0.29, 0.717) is 0 Å². The molecule has 0 fully saturated rings. The summed E-state index contributed by atoms with van der Waals surface area (Å²) in [6.07, 6.45) is 6.46. The maximum Gasteiger partial charge on any atom is 0.149 e. The van der Waals surface area contributed by atoms with E-state index in [0.717, 1.165) is 61.3 Å². The maximum atomic E-state index is 16.3. The second-order valence-corrected chi connectivity index (χ2v) is 10.6. The number of halogens is 2. The number of benzene rings is 5. The van der Waals surface area contributed by atoms with E-state index in [4.69, 9.17) is 0 Å². The quantitative estimate of drug-likeness (QED) is 0.143. The van der Waals surface area contributed by atoms with Gasteiger partial charge in [0.2, 0.25) is 0 Å². The smallest absolute Gasteiger partial charge is 0.149 e. The molecular weight excluding hydrogens is 546 g/mol. The van der Waals surface area contributed by atoms with Crippen molar-refractivity contribution in [3.63, 3.8) is 0 Å². The van der Waals surface area contributed by atoms with Crippen molar-refractivity contribution < 1.29 is 8.78 Å². The topological polar surface area (TPSA) is 6.48 Å². The molecule has 5 aromatic carbocycles. The number of anilines is 6. The van der Waals surface area contributed by atoms with Crippen LogP contribution in [0.5, 0.6) is 0 Å². The predicted octanol–water partition coefficient (Wildman–Crippen LogP) is 12.6. The Morgan fingerprint density at radius 3 is 1.09 bits per heavy atom. The van der Waals surface area contributed by atoms with Gasteiger partial charge in [-0.2, -0.15) is 0 Å². The molecule has 0 spiro atoms. The van der Waals surface area contributed by atoms with E-state index in [1.165, 1.54) is 23.3 Å². The van der Waals surface area contributed by atoms with E-state index in [2.05, 4.69) is 38.1 Å². The lowest BCUT2D eigenvalue weighted by Crippen LogP contribution is -2.15. The van der Waals surface area contributed by atoms with Crippen molar-refractivity contribution in [2.45, 2.75) is 66.2 Å². The number of unbranched alkanes of at least 4 members (excludes halogenated alkanes) is 2. The average Bonchev–Trinajstić information content (AvgIpc) is 3.08. The van der Waals surface area contributed by atoms with E-state index in [-0.39, 0.29) is 11.4 Å². The molecule has 0 aliphatic carbocycles. The number of para-hydroxylation sites is 2. The second kappa shape index (κ2) is 16.4. The zero-order chi connectivity index (χ0) is 31.3. The van der Waals surface area contributed by atoms with Crippen LogP contribution in [0.1, 0.15) is 64.5 Å². The third-order valence-electron chi connectivity index (χ3n) is 7.55. The van der Waals surface area contributed by atoms with Crippen LogP contribution in [0, 0.1) is 11.6 Å². The fourth-order valence-corrected chi connectivity index (χ4v) is 5.26. The molecule has 0 aromatic heterocycles. The van der Waals surface area contributed by atoms with Crippen molar-refractivity contribution in [2.24, 2.45) is 0 Å². The molecule has 228 valence electrons. The summed E-state index contributed by atoms with van der Waals surface area (Å²) < 4.78 is 32.5. The molecule has 0 atom stereocenters.